The molecule has 0 saturated carbocycles. The van der Waals surface area contributed by atoms with Gasteiger partial charge in [-0.3, -0.25) is 9.59 Å². The van der Waals surface area contributed by atoms with Crippen LogP contribution in [0, 0.1) is 22.7 Å². The van der Waals surface area contributed by atoms with Gasteiger partial charge >= 0.3 is 0 Å². The Bertz CT molecular complexity index is 2850. The molecule has 0 bridgehead atoms. The molecule has 0 atom stereocenters. The zero-order valence-electron chi connectivity index (χ0n) is 30.1. The number of aromatic amines is 2. The average Bonchev–Trinajstić information content (AvgIpc) is 3.25. The smallest absolute Gasteiger partial charge is 0.200 e. The van der Waals surface area contributed by atoms with Crippen molar-refractivity contribution in [3.05, 3.63) is 212 Å². The van der Waals surface area contributed by atoms with Gasteiger partial charge in [-0.2, -0.15) is 10.5 Å². The van der Waals surface area contributed by atoms with Crippen LogP contribution in [0.25, 0.3) is 45.0 Å². The second kappa shape index (κ2) is 17.6. The van der Waals surface area contributed by atoms with Crippen LogP contribution >= 0.6 is 15.9 Å². The number of halogens is 1. The Balaban J connectivity index is 0.000000174. The quantitative estimate of drug-likeness (QED) is 0.157. The van der Waals surface area contributed by atoms with E-state index < -0.39 is 0 Å². The van der Waals surface area contributed by atoms with E-state index in [1.54, 1.807) is 0 Å². The van der Waals surface area contributed by atoms with E-state index in [2.05, 4.69) is 25.9 Å². The van der Waals surface area contributed by atoms with Gasteiger partial charge in [-0.1, -0.05) is 94.8 Å². The van der Waals surface area contributed by atoms with Gasteiger partial charge in [0.05, 0.1) is 11.4 Å². The number of nitrogens with zero attached hydrogens (tertiary/aromatic N) is 2. The molecule has 8 nitrogen and oxygen atoms in total. The molecule has 2 heterocycles. The van der Waals surface area contributed by atoms with E-state index in [4.69, 9.17) is 9.47 Å². The van der Waals surface area contributed by atoms with Crippen molar-refractivity contribution in [2.45, 2.75) is 0 Å². The number of hydrogen-bond donors (Lipinski definition) is 2. The summed E-state index contributed by atoms with van der Waals surface area (Å²) in [7, 11) is 0. The monoisotopic (exact) mass is 806 g/mol. The van der Waals surface area contributed by atoms with Crippen LogP contribution < -0.4 is 20.3 Å². The molecule has 274 valence electrons. The van der Waals surface area contributed by atoms with Crippen LogP contribution in [0.2, 0.25) is 0 Å². The molecule has 9 heteroatoms. The largest absolute Gasteiger partial charge is 0.457 e. The molecule has 0 aliphatic rings. The second-order valence-corrected chi connectivity index (χ2v) is 13.5. The minimum Gasteiger partial charge on any atom is -0.457 e. The molecule has 0 unspecified atom stereocenters. The lowest BCUT2D eigenvalue weighted by Gasteiger charge is -2.10. The molecule has 0 spiro atoms. The Hall–Kier alpha value is -7.72. The maximum absolute atomic E-state index is 12.6. The van der Waals surface area contributed by atoms with Crippen molar-refractivity contribution in [2.75, 3.05) is 0 Å². The second-order valence-electron chi connectivity index (χ2n) is 12.6. The van der Waals surface area contributed by atoms with Crippen LogP contribution in [0.5, 0.6) is 23.0 Å². The van der Waals surface area contributed by atoms with Crippen LogP contribution in [0.4, 0.5) is 0 Å². The molecule has 0 saturated heterocycles. The lowest BCUT2D eigenvalue weighted by Crippen LogP contribution is -2.09. The zero-order valence-corrected chi connectivity index (χ0v) is 31.7. The molecule has 57 heavy (non-hydrogen) atoms. The zero-order chi connectivity index (χ0) is 39.6. The molecular formula is C48H31BrN4O4. The van der Waals surface area contributed by atoms with E-state index in [9.17, 15) is 20.1 Å². The van der Waals surface area contributed by atoms with Gasteiger partial charge in [0.15, 0.2) is 0 Å². The van der Waals surface area contributed by atoms with Crippen molar-refractivity contribution in [1.82, 2.24) is 9.97 Å². The van der Waals surface area contributed by atoms with Gasteiger partial charge in [0.25, 0.3) is 0 Å². The normalized spacial score (nSPS) is 10.3. The summed E-state index contributed by atoms with van der Waals surface area (Å²) in [5, 5.41) is 19.0. The van der Waals surface area contributed by atoms with E-state index >= 15 is 0 Å². The third-order valence-electron chi connectivity index (χ3n) is 8.75. The topological polar surface area (TPSA) is 132 Å². The first-order valence-corrected chi connectivity index (χ1v) is 18.5. The number of hydrogen-bond acceptors (Lipinski definition) is 6. The Morgan fingerprint density at radius 3 is 1.23 bits per heavy atom. The van der Waals surface area contributed by atoms with Crippen molar-refractivity contribution in [3.8, 4) is 80.2 Å². The van der Waals surface area contributed by atoms with E-state index in [1.807, 2.05) is 176 Å². The van der Waals surface area contributed by atoms with Gasteiger partial charge in [0.1, 0.15) is 46.3 Å². The SMILES string of the molecule is N#Cc1c(-c2ccc(Oc3ccccc3)cc2)[nH]c(-c2cccc(Br)c2)cc1=O.N#Cc1c(-c2ccc(Oc3ccccc3)cc2)[nH]c(-c2ccccc2)cc1=O. The summed E-state index contributed by atoms with van der Waals surface area (Å²) in [5.74, 6) is 2.83. The lowest BCUT2D eigenvalue weighted by molar-refractivity contribution is 0.482. The molecule has 2 aromatic heterocycles. The first-order chi connectivity index (χ1) is 27.9. The molecule has 0 radical (unpaired) electrons. The lowest BCUT2D eigenvalue weighted by atomic mass is 10.0. The van der Waals surface area contributed by atoms with Crippen molar-refractivity contribution in [2.24, 2.45) is 0 Å². The summed E-state index contributed by atoms with van der Waals surface area (Å²) < 4.78 is 12.5. The number of benzene rings is 6. The molecular weight excluding hydrogens is 776 g/mol. The van der Waals surface area contributed by atoms with Gasteiger partial charge < -0.3 is 19.4 Å². The summed E-state index contributed by atoms with van der Waals surface area (Å²) in [5.41, 5.74) is 5.07. The standard InChI is InChI=1S/C24H15BrN2O2.C24H16N2O2/c25-18-6-4-5-17(13-18)22-14-23(28)21(15-26)24(27-22)16-9-11-20(12-10-16)29-19-7-2-1-3-8-19;25-16-21-23(27)15-22(17-7-3-1-4-8-17)26-24(21)18-11-13-20(14-12-18)28-19-9-5-2-6-10-19/h1-14H,(H,27,28);1-15H,(H,26,27). The number of rotatable bonds is 8. The molecule has 0 aliphatic carbocycles. The van der Waals surface area contributed by atoms with E-state index in [0.717, 1.165) is 38.2 Å². The fourth-order valence-corrected chi connectivity index (χ4v) is 6.39. The highest BCUT2D eigenvalue weighted by molar-refractivity contribution is 9.10. The van der Waals surface area contributed by atoms with Crippen LogP contribution in [-0.2, 0) is 0 Å². The Kier molecular flexibility index (Phi) is 11.6. The predicted octanol–water partition coefficient (Wildman–Crippen LogP) is 11.5. The van der Waals surface area contributed by atoms with Crippen molar-refractivity contribution >= 4 is 15.9 Å². The minimum absolute atomic E-state index is 0.0838. The summed E-state index contributed by atoms with van der Waals surface area (Å²) in [6.07, 6.45) is 0. The van der Waals surface area contributed by atoms with Gasteiger partial charge in [0.2, 0.25) is 10.9 Å². The Morgan fingerprint density at radius 2 is 0.807 bits per heavy atom. The van der Waals surface area contributed by atoms with Crippen molar-refractivity contribution in [3.63, 3.8) is 0 Å². The third-order valence-corrected chi connectivity index (χ3v) is 9.24. The highest BCUT2D eigenvalue weighted by Gasteiger charge is 2.15. The fourth-order valence-electron chi connectivity index (χ4n) is 5.99. The van der Waals surface area contributed by atoms with Crippen LogP contribution in [0.15, 0.2) is 190 Å². The van der Waals surface area contributed by atoms with Crippen molar-refractivity contribution < 1.29 is 9.47 Å². The van der Waals surface area contributed by atoms with E-state index in [-0.39, 0.29) is 22.0 Å². The molecule has 8 aromatic rings. The fraction of sp³-hybridized carbons (Fsp3) is 0. The molecule has 2 N–H and O–H groups in total. The summed E-state index contributed by atoms with van der Waals surface area (Å²) in [6.45, 7) is 0. The van der Waals surface area contributed by atoms with Crippen LogP contribution in [-0.4, -0.2) is 9.97 Å². The molecule has 0 amide bonds. The number of nitriles is 2. The summed E-state index contributed by atoms with van der Waals surface area (Å²) in [4.78, 5) is 31.5. The number of ether oxygens (including phenoxy) is 2. The molecule has 8 rings (SSSR count). The highest BCUT2D eigenvalue weighted by atomic mass is 79.9. The number of para-hydroxylation sites is 2. The summed E-state index contributed by atoms with van der Waals surface area (Å²) in [6, 6.07) is 57.7. The molecule has 6 aromatic carbocycles. The number of H-pyrrole nitrogens is 2. The average molecular weight is 808 g/mol. The van der Waals surface area contributed by atoms with Crippen LogP contribution in [0.1, 0.15) is 11.1 Å². The van der Waals surface area contributed by atoms with Gasteiger partial charge in [-0.05, 0) is 107 Å². The third kappa shape index (κ3) is 9.15. The van der Waals surface area contributed by atoms with E-state index in [1.165, 1.54) is 12.1 Å². The highest BCUT2D eigenvalue weighted by Crippen LogP contribution is 2.30. The first kappa shape index (κ1) is 37.6. The van der Waals surface area contributed by atoms with Crippen molar-refractivity contribution in [1.29, 1.82) is 10.5 Å². The number of aromatic nitrogens is 2. The van der Waals surface area contributed by atoms with E-state index in [0.29, 0.717) is 34.3 Å². The summed E-state index contributed by atoms with van der Waals surface area (Å²) >= 11 is 3.45. The Morgan fingerprint density at radius 1 is 0.421 bits per heavy atom. The first-order valence-electron chi connectivity index (χ1n) is 17.7. The maximum atomic E-state index is 12.6. The van der Waals surface area contributed by atoms with Gasteiger partial charge in [-0.15, -0.1) is 0 Å². The van der Waals surface area contributed by atoms with Gasteiger partial charge in [0, 0.05) is 28.0 Å². The van der Waals surface area contributed by atoms with Crippen LogP contribution in [0.3, 0.4) is 0 Å². The molecule has 0 aliphatic heterocycles. The maximum Gasteiger partial charge on any atom is 0.200 e. The van der Waals surface area contributed by atoms with Gasteiger partial charge in [-0.25, -0.2) is 0 Å². The number of nitrogens with one attached hydrogen (secondary N) is 2. The number of pyridine rings is 2. The molecule has 0 fully saturated rings. The predicted molar refractivity (Wildman–Crippen MR) is 226 cm³/mol. The Labute approximate surface area is 336 Å². The minimum atomic E-state index is -0.319.